The number of hydrogen-bond acceptors (Lipinski definition) is 6. The van der Waals surface area contributed by atoms with Crippen LogP contribution in [0.25, 0.3) is 6.08 Å². The monoisotopic (exact) mass is 473 g/mol. The number of amides is 2. The van der Waals surface area contributed by atoms with Crippen LogP contribution in [0.4, 0.5) is 4.79 Å². The molecule has 0 radical (unpaired) electrons. The lowest BCUT2D eigenvalue weighted by Gasteiger charge is -2.12. The van der Waals surface area contributed by atoms with Crippen LogP contribution in [0.5, 0.6) is 5.75 Å². The Balaban J connectivity index is 1.45. The number of benzene rings is 2. The number of nitrogens with zero attached hydrogens (tertiary/aromatic N) is 1. The largest absolute Gasteiger partial charge is 0.457 e. The van der Waals surface area contributed by atoms with Gasteiger partial charge in [-0.15, -0.1) is 0 Å². The molecule has 2 aromatic carbocycles. The highest BCUT2D eigenvalue weighted by molar-refractivity contribution is 8.18. The Labute approximate surface area is 191 Å². The number of halogens is 2. The SMILES string of the molecule is O=C(Oc1ccc(/C=C2\SC(=O)N(Cc3ccc(Cl)c(Cl)c3)C2=O)cc1)c1ccco1. The Hall–Kier alpha value is -3.00. The molecular weight excluding hydrogens is 461 g/mol. The molecule has 9 heteroatoms. The highest BCUT2D eigenvalue weighted by atomic mass is 35.5. The average molecular weight is 474 g/mol. The number of rotatable bonds is 5. The molecule has 0 saturated carbocycles. The molecule has 1 aromatic heterocycles. The summed E-state index contributed by atoms with van der Waals surface area (Å²) in [6.07, 6.45) is 2.99. The van der Waals surface area contributed by atoms with E-state index in [0.717, 1.165) is 16.7 Å². The molecule has 6 nitrogen and oxygen atoms in total. The predicted molar refractivity (Wildman–Crippen MR) is 118 cm³/mol. The number of carbonyl (C=O) groups is 3. The van der Waals surface area contributed by atoms with Crippen LogP contribution >= 0.6 is 35.0 Å². The van der Waals surface area contributed by atoms with E-state index >= 15 is 0 Å². The summed E-state index contributed by atoms with van der Waals surface area (Å²) in [7, 11) is 0. The molecule has 1 aliphatic heterocycles. The van der Waals surface area contributed by atoms with Crippen molar-refractivity contribution in [3.8, 4) is 5.75 Å². The maximum absolute atomic E-state index is 12.7. The van der Waals surface area contributed by atoms with Gasteiger partial charge >= 0.3 is 5.97 Å². The molecule has 2 amide bonds. The first-order chi connectivity index (χ1) is 14.9. The summed E-state index contributed by atoms with van der Waals surface area (Å²) in [6, 6.07) is 14.6. The van der Waals surface area contributed by atoms with Crippen molar-refractivity contribution in [2.75, 3.05) is 0 Å². The van der Waals surface area contributed by atoms with Crippen molar-refractivity contribution in [2.45, 2.75) is 6.54 Å². The molecule has 0 atom stereocenters. The molecule has 156 valence electrons. The topological polar surface area (TPSA) is 76.8 Å². The maximum Gasteiger partial charge on any atom is 0.379 e. The van der Waals surface area contributed by atoms with E-state index in [0.29, 0.717) is 31.8 Å². The number of carbonyl (C=O) groups excluding carboxylic acids is 3. The van der Waals surface area contributed by atoms with Gasteiger partial charge in [-0.25, -0.2) is 4.79 Å². The van der Waals surface area contributed by atoms with Gasteiger partial charge < -0.3 is 9.15 Å². The second kappa shape index (κ2) is 9.01. The fourth-order valence-electron chi connectivity index (χ4n) is 2.79. The van der Waals surface area contributed by atoms with Crippen molar-refractivity contribution in [1.82, 2.24) is 4.90 Å². The minimum atomic E-state index is -0.610. The highest BCUT2D eigenvalue weighted by Crippen LogP contribution is 2.34. The molecule has 2 heterocycles. The van der Waals surface area contributed by atoms with Gasteiger partial charge in [-0.3, -0.25) is 14.5 Å². The zero-order valence-corrected chi connectivity index (χ0v) is 18.0. The van der Waals surface area contributed by atoms with Crippen molar-refractivity contribution in [3.05, 3.63) is 92.7 Å². The molecule has 4 rings (SSSR count). The van der Waals surface area contributed by atoms with Crippen LogP contribution in [0, 0.1) is 0 Å². The van der Waals surface area contributed by atoms with Crippen molar-refractivity contribution >= 4 is 58.2 Å². The van der Waals surface area contributed by atoms with E-state index in [9.17, 15) is 14.4 Å². The summed E-state index contributed by atoms with van der Waals surface area (Å²) < 4.78 is 10.2. The van der Waals surface area contributed by atoms with Crippen molar-refractivity contribution in [1.29, 1.82) is 0 Å². The van der Waals surface area contributed by atoms with Crippen LogP contribution in [0.1, 0.15) is 21.7 Å². The van der Waals surface area contributed by atoms with Crippen molar-refractivity contribution in [2.24, 2.45) is 0 Å². The Morgan fingerprint density at radius 2 is 1.84 bits per heavy atom. The van der Waals surface area contributed by atoms with Gasteiger partial charge in [0.25, 0.3) is 11.1 Å². The predicted octanol–water partition coefficient (Wildman–Crippen LogP) is 6.04. The Kier molecular flexibility index (Phi) is 6.18. The second-order valence-corrected chi connectivity index (χ2v) is 8.26. The minimum absolute atomic E-state index is 0.0970. The van der Waals surface area contributed by atoms with E-state index in [1.807, 2.05) is 0 Å². The molecule has 1 saturated heterocycles. The van der Waals surface area contributed by atoms with E-state index in [-0.39, 0.29) is 17.5 Å². The van der Waals surface area contributed by atoms with Gasteiger partial charge in [-0.2, -0.15) is 0 Å². The number of ether oxygens (including phenoxy) is 1. The van der Waals surface area contributed by atoms with Gasteiger partial charge in [0.05, 0.1) is 27.8 Å². The summed E-state index contributed by atoms with van der Waals surface area (Å²) in [5, 5.41) is 0.388. The number of thioether (sulfide) groups is 1. The summed E-state index contributed by atoms with van der Waals surface area (Å²) in [5.74, 6) is -0.582. The number of hydrogen-bond donors (Lipinski definition) is 0. The Bertz CT molecular complexity index is 1190. The Morgan fingerprint density at radius 1 is 1.06 bits per heavy atom. The summed E-state index contributed by atoms with van der Waals surface area (Å²) in [6.45, 7) is 0.0978. The number of imide groups is 1. The molecule has 0 unspecified atom stereocenters. The Morgan fingerprint density at radius 3 is 2.52 bits per heavy atom. The molecule has 0 N–H and O–H groups in total. The van der Waals surface area contributed by atoms with Gasteiger partial charge in [0.15, 0.2) is 0 Å². The third-order valence-corrected chi connectivity index (χ3v) is 5.96. The zero-order valence-electron chi connectivity index (χ0n) is 15.7. The van der Waals surface area contributed by atoms with Gasteiger partial charge in [0.2, 0.25) is 5.76 Å². The minimum Gasteiger partial charge on any atom is -0.457 e. The quantitative estimate of drug-likeness (QED) is 0.255. The van der Waals surface area contributed by atoms with Crippen LogP contribution in [0.3, 0.4) is 0 Å². The lowest BCUT2D eigenvalue weighted by Crippen LogP contribution is -2.27. The molecule has 31 heavy (non-hydrogen) atoms. The third-order valence-electron chi connectivity index (χ3n) is 4.31. The zero-order chi connectivity index (χ0) is 22.0. The van der Waals surface area contributed by atoms with Gasteiger partial charge in [0, 0.05) is 0 Å². The van der Waals surface area contributed by atoms with E-state index < -0.39 is 11.9 Å². The van der Waals surface area contributed by atoms with Crippen molar-refractivity contribution < 1.29 is 23.5 Å². The van der Waals surface area contributed by atoms with Crippen LogP contribution < -0.4 is 4.74 Å². The fourth-order valence-corrected chi connectivity index (χ4v) is 3.95. The summed E-state index contributed by atoms with van der Waals surface area (Å²) in [5.41, 5.74) is 1.37. The van der Waals surface area contributed by atoms with Crippen LogP contribution in [0.2, 0.25) is 10.0 Å². The normalized spacial score (nSPS) is 15.0. The van der Waals surface area contributed by atoms with E-state index in [4.69, 9.17) is 32.4 Å². The second-order valence-electron chi connectivity index (χ2n) is 6.45. The van der Waals surface area contributed by atoms with Gasteiger partial charge in [-0.1, -0.05) is 41.4 Å². The molecule has 0 spiro atoms. The van der Waals surface area contributed by atoms with E-state index in [1.54, 1.807) is 54.6 Å². The lowest BCUT2D eigenvalue weighted by atomic mass is 10.2. The molecule has 0 aliphatic carbocycles. The van der Waals surface area contributed by atoms with Gasteiger partial charge in [0.1, 0.15) is 5.75 Å². The highest BCUT2D eigenvalue weighted by Gasteiger charge is 2.35. The summed E-state index contributed by atoms with van der Waals surface area (Å²) in [4.78, 5) is 38.4. The standard InChI is InChI=1S/C22H13Cl2NO5S/c23-16-8-5-14(10-17(16)24)12-25-20(26)19(31-22(25)28)11-13-3-6-15(7-4-13)30-21(27)18-2-1-9-29-18/h1-11H,12H2/b19-11-. The smallest absolute Gasteiger partial charge is 0.379 e. The maximum atomic E-state index is 12.7. The van der Waals surface area contributed by atoms with Crippen LogP contribution in [-0.4, -0.2) is 22.0 Å². The van der Waals surface area contributed by atoms with Gasteiger partial charge in [-0.05, 0) is 65.4 Å². The number of esters is 1. The number of furan rings is 1. The first kappa shape index (κ1) is 21.2. The summed E-state index contributed by atoms with van der Waals surface area (Å²) >= 11 is 12.8. The first-order valence-electron chi connectivity index (χ1n) is 8.96. The molecule has 3 aromatic rings. The molecule has 1 fully saturated rings. The van der Waals surface area contributed by atoms with Crippen LogP contribution in [0.15, 0.2) is 70.2 Å². The van der Waals surface area contributed by atoms with Crippen molar-refractivity contribution in [3.63, 3.8) is 0 Å². The first-order valence-corrected chi connectivity index (χ1v) is 10.5. The lowest BCUT2D eigenvalue weighted by molar-refractivity contribution is -0.123. The van der Waals surface area contributed by atoms with E-state index in [2.05, 4.69) is 0 Å². The fraction of sp³-hybridized carbons (Fsp3) is 0.0455. The average Bonchev–Trinajstić information content (AvgIpc) is 3.37. The van der Waals surface area contributed by atoms with E-state index in [1.165, 1.54) is 12.3 Å². The third kappa shape index (κ3) is 4.85. The van der Waals surface area contributed by atoms with Crippen LogP contribution in [-0.2, 0) is 11.3 Å². The molecule has 1 aliphatic rings. The molecular formula is C22H13Cl2NO5S. The molecule has 0 bridgehead atoms.